The number of aromatic nitrogens is 6. The number of anilines is 3. The van der Waals surface area contributed by atoms with E-state index in [-0.39, 0.29) is 24.3 Å². The first kappa shape index (κ1) is 26.0. The molecule has 1 aliphatic rings. The molecule has 5 heterocycles. The van der Waals surface area contributed by atoms with Crippen molar-refractivity contribution in [2.45, 2.75) is 25.4 Å². The van der Waals surface area contributed by atoms with Crippen molar-refractivity contribution < 1.29 is 14.3 Å². The maximum atomic E-state index is 12.6. The maximum Gasteiger partial charge on any atom is 0.266 e. The normalized spacial score (nSPS) is 14.5. The highest BCUT2D eigenvalue weighted by atomic mass is 16.4. The van der Waals surface area contributed by atoms with Gasteiger partial charge >= 0.3 is 0 Å². The summed E-state index contributed by atoms with van der Waals surface area (Å²) in [5.74, 6) is 1.10. The number of benzene rings is 1. The molecule has 12 nitrogen and oxygen atoms in total. The maximum absolute atomic E-state index is 12.6. The van der Waals surface area contributed by atoms with Crippen LogP contribution in [-0.2, 0) is 5.54 Å². The standard InChI is InChI=1S/C29H27N9O3/c1-29(2)24-19(27(40)38(29)3)15-32-28(35-24)34-23-13-21(33-22(16-39)17-9-5-4-6-10-17)18(14-31-23)25-36-37-26(41-25)20-11-7-8-12-30-20/h4-15,22,39H,16H2,1-3H3,(H2,31,32,33,34,35)/t22-/m1/s1. The molecule has 0 spiro atoms. The molecule has 1 aromatic carbocycles. The summed E-state index contributed by atoms with van der Waals surface area (Å²) in [7, 11) is 1.75. The Bertz CT molecular complexity index is 1710. The number of aliphatic hydroxyl groups excluding tert-OH is 1. The van der Waals surface area contributed by atoms with Gasteiger partial charge in [0.1, 0.15) is 11.5 Å². The molecule has 4 aromatic heterocycles. The first-order chi connectivity index (χ1) is 19.8. The highest BCUT2D eigenvalue weighted by Gasteiger charge is 2.42. The Labute approximate surface area is 235 Å². The van der Waals surface area contributed by atoms with Crippen molar-refractivity contribution in [3.8, 4) is 23.0 Å². The van der Waals surface area contributed by atoms with E-state index >= 15 is 0 Å². The van der Waals surface area contributed by atoms with Gasteiger partial charge in [0.15, 0.2) is 0 Å². The SMILES string of the molecule is CN1C(=O)c2cnc(Nc3cc(N[C@H](CO)c4ccccc4)c(-c4nnc(-c5ccccn5)o4)cn3)nc2C1(C)C. The number of nitrogens with one attached hydrogen (secondary N) is 2. The smallest absolute Gasteiger partial charge is 0.266 e. The molecule has 0 radical (unpaired) electrons. The lowest BCUT2D eigenvalue weighted by Gasteiger charge is -2.27. The van der Waals surface area contributed by atoms with E-state index in [9.17, 15) is 9.90 Å². The van der Waals surface area contributed by atoms with Crippen molar-refractivity contribution in [3.05, 3.63) is 90.0 Å². The zero-order valence-electron chi connectivity index (χ0n) is 22.6. The van der Waals surface area contributed by atoms with E-state index in [2.05, 4.69) is 40.8 Å². The molecule has 0 aliphatic carbocycles. The number of carbonyl (C=O) groups excluding carboxylic acids is 1. The van der Waals surface area contributed by atoms with Crippen LogP contribution in [0.5, 0.6) is 0 Å². The largest absolute Gasteiger partial charge is 0.414 e. The van der Waals surface area contributed by atoms with Gasteiger partial charge in [0, 0.05) is 31.7 Å². The van der Waals surface area contributed by atoms with E-state index in [0.29, 0.717) is 40.0 Å². The predicted molar refractivity (Wildman–Crippen MR) is 151 cm³/mol. The Balaban J connectivity index is 1.36. The molecule has 0 unspecified atom stereocenters. The van der Waals surface area contributed by atoms with Gasteiger partial charge in [-0.25, -0.2) is 15.0 Å². The van der Waals surface area contributed by atoms with Crippen LogP contribution < -0.4 is 10.6 Å². The van der Waals surface area contributed by atoms with Gasteiger partial charge in [-0.3, -0.25) is 9.78 Å². The van der Waals surface area contributed by atoms with Crippen LogP contribution in [0.1, 0.15) is 41.5 Å². The van der Waals surface area contributed by atoms with E-state index < -0.39 is 11.6 Å². The van der Waals surface area contributed by atoms with Gasteiger partial charge in [-0.1, -0.05) is 36.4 Å². The summed E-state index contributed by atoms with van der Waals surface area (Å²) in [6, 6.07) is 16.3. The average molecular weight is 550 g/mol. The predicted octanol–water partition coefficient (Wildman–Crippen LogP) is 4.19. The van der Waals surface area contributed by atoms with E-state index in [1.807, 2.05) is 50.2 Å². The third kappa shape index (κ3) is 4.85. The highest BCUT2D eigenvalue weighted by Crippen LogP contribution is 2.37. The molecule has 0 bridgehead atoms. The van der Waals surface area contributed by atoms with E-state index in [1.54, 1.807) is 42.5 Å². The summed E-state index contributed by atoms with van der Waals surface area (Å²) in [6.07, 6.45) is 4.77. The second-order valence-corrected chi connectivity index (χ2v) is 10.0. The first-order valence-electron chi connectivity index (χ1n) is 13.0. The van der Waals surface area contributed by atoms with Crippen LogP contribution in [0.3, 0.4) is 0 Å². The van der Waals surface area contributed by atoms with Crippen LogP contribution in [0.2, 0.25) is 0 Å². The molecule has 206 valence electrons. The number of rotatable bonds is 8. The minimum Gasteiger partial charge on any atom is -0.414 e. The third-order valence-corrected chi connectivity index (χ3v) is 7.14. The summed E-state index contributed by atoms with van der Waals surface area (Å²) in [5, 5.41) is 25.2. The summed E-state index contributed by atoms with van der Waals surface area (Å²) >= 11 is 0. The Morgan fingerprint density at radius 3 is 2.49 bits per heavy atom. The van der Waals surface area contributed by atoms with Crippen LogP contribution >= 0.6 is 0 Å². The molecule has 12 heteroatoms. The van der Waals surface area contributed by atoms with Gasteiger partial charge in [-0.2, -0.15) is 0 Å². The minimum atomic E-state index is -0.580. The van der Waals surface area contributed by atoms with Gasteiger partial charge in [0.25, 0.3) is 17.7 Å². The molecule has 6 rings (SSSR count). The van der Waals surface area contributed by atoms with Gasteiger partial charge in [-0.15, -0.1) is 10.2 Å². The van der Waals surface area contributed by atoms with E-state index in [4.69, 9.17) is 4.42 Å². The molecule has 1 amide bonds. The third-order valence-electron chi connectivity index (χ3n) is 7.14. The molecular formula is C29H27N9O3. The lowest BCUT2D eigenvalue weighted by atomic mass is 10.0. The molecule has 41 heavy (non-hydrogen) atoms. The van der Waals surface area contributed by atoms with Gasteiger partial charge in [0.05, 0.1) is 40.7 Å². The molecule has 0 fully saturated rings. The fourth-order valence-electron chi connectivity index (χ4n) is 4.62. The Morgan fingerprint density at radius 2 is 1.73 bits per heavy atom. The number of aliphatic hydroxyl groups is 1. The number of hydrogen-bond donors (Lipinski definition) is 3. The van der Waals surface area contributed by atoms with Crippen LogP contribution in [0, 0.1) is 0 Å². The van der Waals surface area contributed by atoms with Crippen molar-refractivity contribution in [2.75, 3.05) is 24.3 Å². The van der Waals surface area contributed by atoms with Gasteiger partial charge < -0.3 is 25.1 Å². The zero-order chi connectivity index (χ0) is 28.6. The zero-order valence-corrected chi connectivity index (χ0v) is 22.6. The van der Waals surface area contributed by atoms with E-state index in [0.717, 1.165) is 5.56 Å². The van der Waals surface area contributed by atoms with Crippen LogP contribution in [0.25, 0.3) is 23.0 Å². The second-order valence-electron chi connectivity index (χ2n) is 10.0. The van der Waals surface area contributed by atoms with Crippen molar-refractivity contribution in [1.29, 1.82) is 0 Å². The van der Waals surface area contributed by atoms with Crippen LogP contribution in [0.15, 0.2) is 77.6 Å². The molecule has 5 aromatic rings. The second kappa shape index (κ2) is 10.4. The molecule has 1 aliphatic heterocycles. The van der Waals surface area contributed by atoms with Crippen molar-refractivity contribution in [3.63, 3.8) is 0 Å². The Kier molecular flexibility index (Phi) is 6.59. The fourth-order valence-corrected chi connectivity index (χ4v) is 4.62. The van der Waals surface area contributed by atoms with Crippen LogP contribution in [-0.4, -0.2) is 59.7 Å². The van der Waals surface area contributed by atoms with Crippen molar-refractivity contribution in [1.82, 2.24) is 35.0 Å². The number of amides is 1. The number of nitrogens with zero attached hydrogens (tertiary/aromatic N) is 7. The Hall–Kier alpha value is -5.23. The minimum absolute atomic E-state index is 0.119. The fraction of sp³-hybridized carbons (Fsp3) is 0.207. The average Bonchev–Trinajstić information content (AvgIpc) is 3.55. The van der Waals surface area contributed by atoms with Crippen molar-refractivity contribution >= 4 is 23.4 Å². The first-order valence-corrected chi connectivity index (χ1v) is 13.0. The topological polar surface area (TPSA) is 155 Å². The van der Waals surface area contributed by atoms with Gasteiger partial charge in [0.2, 0.25) is 5.95 Å². The van der Waals surface area contributed by atoms with E-state index in [1.165, 1.54) is 6.20 Å². The monoisotopic (exact) mass is 549 g/mol. The molecule has 1 atom stereocenters. The number of hydrogen-bond acceptors (Lipinski definition) is 11. The summed E-state index contributed by atoms with van der Waals surface area (Å²) in [5.41, 5.74) is 3.08. The molecule has 3 N–H and O–H groups in total. The lowest BCUT2D eigenvalue weighted by molar-refractivity contribution is 0.0688. The quantitative estimate of drug-likeness (QED) is 0.255. The Morgan fingerprint density at radius 1 is 0.976 bits per heavy atom. The van der Waals surface area contributed by atoms with Gasteiger partial charge in [-0.05, 0) is 31.5 Å². The highest BCUT2D eigenvalue weighted by molar-refractivity contribution is 5.99. The summed E-state index contributed by atoms with van der Waals surface area (Å²) < 4.78 is 5.96. The van der Waals surface area contributed by atoms with Crippen molar-refractivity contribution in [2.24, 2.45) is 0 Å². The molecule has 0 saturated heterocycles. The number of pyridine rings is 2. The number of fused-ring (bicyclic) bond motifs is 1. The lowest BCUT2D eigenvalue weighted by Crippen LogP contribution is -2.35. The molecular weight excluding hydrogens is 522 g/mol. The molecule has 0 saturated carbocycles. The summed E-state index contributed by atoms with van der Waals surface area (Å²) in [4.78, 5) is 32.1. The summed E-state index contributed by atoms with van der Waals surface area (Å²) in [6.45, 7) is 3.71. The number of carbonyl (C=O) groups is 1. The van der Waals surface area contributed by atoms with Crippen LogP contribution in [0.4, 0.5) is 17.5 Å².